The monoisotopic (exact) mass is 174 g/mol. The van der Waals surface area contributed by atoms with Gasteiger partial charge in [0.2, 0.25) is 0 Å². The maximum atomic E-state index is 9.81. The van der Waals surface area contributed by atoms with Crippen LogP contribution in [0.3, 0.4) is 0 Å². The van der Waals surface area contributed by atoms with Crippen LogP contribution in [0.5, 0.6) is 0 Å². The van der Waals surface area contributed by atoms with Gasteiger partial charge in [0.05, 0.1) is 0 Å². The van der Waals surface area contributed by atoms with Gasteiger partial charge in [-0.2, -0.15) is 0 Å². The van der Waals surface area contributed by atoms with E-state index in [9.17, 15) is 5.11 Å². The molecule has 0 heterocycles. The highest BCUT2D eigenvalue weighted by Crippen LogP contribution is 2.33. The fourth-order valence-corrected chi connectivity index (χ4v) is 1.88. The van der Waals surface area contributed by atoms with E-state index in [1.54, 1.807) is 0 Å². The van der Waals surface area contributed by atoms with Crippen LogP contribution in [-0.2, 0) is 9.47 Å². The predicted molar refractivity (Wildman–Crippen MR) is 45.5 cm³/mol. The van der Waals surface area contributed by atoms with E-state index in [0.29, 0.717) is 0 Å². The summed E-state index contributed by atoms with van der Waals surface area (Å²) in [7, 11) is 2.97. The Labute approximate surface area is 73.7 Å². The Morgan fingerprint density at radius 2 is 1.58 bits per heavy atom. The van der Waals surface area contributed by atoms with Crippen LogP contribution < -0.4 is 0 Å². The third-order valence-corrected chi connectivity index (χ3v) is 2.71. The van der Waals surface area contributed by atoms with Crippen LogP contribution in [0.15, 0.2) is 0 Å². The van der Waals surface area contributed by atoms with Crippen molar-refractivity contribution < 1.29 is 14.6 Å². The van der Waals surface area contributed by atoms with Crippen molar-refractivity contribution in [2.45, 2.75) is 38.1 Å². The number of hydrogen-bond acceptors (Lipinski definition) is 3. The molecule has 12 heavy (non-hydrogen) atoms. The van der Waals surface area contributed by atoms with E-state index in [0.717, 1.165) is 12.8 Å². The lowest BCUT2D eigenvalue weighted by Crippen LogP contribution is -2.42. The molecule has 0 aromatic rings. The highest BCUT2D eigenvalue weighted by Gasteiger charge is 2.37. The molecule has 1 aliphatic rings. The summed E-state index contributed by atoms with van der Waals surface area (Å²) >= 11 is 0. The van der Waals surface area contributed by atoms with Gasteiger partial charge in [0.1, 0.15) is 0 Å². The van der Waals surface area contributed by atoms with E-state index >= 15 is 0 Å². The average molecular weight is 174 g/mol. The van der Waals surface area contributed by atoms with E-state index in [4.69, 9.17) is 9.47 Å². The summed E-state index contributed by atoms with van der Waals surface area (Å²) < 4.78 is 9.92. The van der Waals surface area contributed by atoms with Gasteiger partial charge in [-0.15, -0.1) is 0 Å². The van der Waals surface area contributed by atoms with Crippen molar-refractivity contribution in [3.05, 3.63) is 0 Å². The smallest absolute Gasteiger partial charge is 0.282 e. The summed E-state index contributed by atoms with van der Waals surface area (Å²) in [5.41, 5.74) is 0. The second-order valence-electron chi connectivity index (χ2n) is 3.37. The van der Waals surface area contributed by atoms with Gasteiger partial charge in [0, 0.05) is 20.1 Å². The molecule has 1 fully saturated rings. The van der Waals surface area contributed by atoms with Crippen LogP contribution in [-0.4, -0.2) is 25.3 Å². The molecule has 3 nitrogen and oxygen atoms in total. The Kier molecular flexibility index (Phi) is 3.50. The molecule has 0 saturated heterocycles. The largest absolute Gasteiger partial charge is 0.343 e. The molecule has 72 valence electrons. The molecule has 1 saturated carbocycles. The lowest BCUT2D eigenvalue weighted by Gasteiger charge is -2.35. The first-order valence-electron chi connectivity index (χ1n) is 4.55. The van der Waals surface area contributed by atoms with Crippen molar-refractivity contribution in [1.82, 2.24) is 0 Å². The van der Waals surface area contributed by atoms with Crippen LogP contribution >= 0.6 is 0 Å². The molecule has 0 spiro atoms. The molecule has 3 heteroatoms. The van der Waals surface area contributed by atoms with Crippen molar-refractivity contribution in [3.63, 3.8) is 0 Å². The summed E-state index contributed by atoms with van der Waals surface area (Å²) in [6.07, 6.45) is 5.59. The molecule has 0 unspecified atom stereocenters. The van der Waals surface area contributed by atoms with E-state index < -0.39 is 5.97 Å². The Morgan fingerprint density at radius 1 is 1.08 bits per heavy atom. The second kappa shape index (κ2) is 4.21. The van der Waals surface area contributed by atoms with E-state index in [1.807, 2.05) is 0 Å². The van der Waals surface area contributed by atoms with Crippen molar-refractivity contribution >= 4 is 0 Å². The minimum absolute atomic E-state index is 0.140. The van der Waals surface area contributed by atoms with Crippen molar-refractivity contribution in [2.75, 3.05) is 14.2 Å². The lowest BCUT2D eigenvalue weighted by atomic mass is 9.87. The molecule has 0 radical (unpaired) electrons. The fraction of sp³-hybridized carbons (Fsp3) is 1.00. The van der Waals surface area contributed by atoms with Gasteiger partial charge in [0.15, 0.2) is 0 Å². The molecule has 0 amide bonds. The zero-order chi connectivity index (χ0) is 9.03. The Balaban J connectivity index is 2.51. The van der Waals surface area contributed by atoms with Crippen LogP contribution in [0.4, 0.5) is 0 Å². The van der Waals surface area contributed by atoms with Gasteiger partial charge >= 0.3 is 0 Å². The molecule has 1 rings (SSSR count). The summed E-state index contributed by atoms with van der Waals surface area (Å²) in [5.74, 6) is -1.21. The summed E-state index contributed by atoms with van der Waals surface area (Å²) in [4.78, 5) is 0. The number of rotatable bonds is 3. The minimum Gasteiger partial charge on any atom is -0.343 e. The molecule has 0 aliphatic heterocycles. The fourth-order valence-electron chi connectivity index (χ4n) is 1.88. The third kappa shape index (κ3) is 1.97. The van der Waals surface area contributed by atoms with Gasteiger partial charge < -0.3 is 14.6 Å². The third-order valence-electron chi connectivity index (χ3n) is 2.71. The topological polar surface area (TPSA) is 38.7 Å². The van der Waals surface area contributed by atoms with Crippen LogP contribution in [0.1, 0.15) is 32.1 Å². The first-order valence-corrected chi connectivity index (χ1v) is 4.55. The number of methoxy groups -OCH3 is 2. The highest BCUT2D eigenvalue weighted by atomic mass is 16.8. The standard InChI is InChI=1S/C9H18O3/c1-11-9(10,12-2)8-6-4-3-5-7-8/h8,10H,3-7H2,1-2H3. The molecule has 0 aromatic heterocycles. The van der Waals surface area contributed by atoms with Gasteiger partial charge in [0.25, 0.3) is 5.97 Å². The molecule has 0 bridgehead atoms. The molecule has 1 N–H and O–H groups in total. The van der Waals surface area contributed by atoms with Crippen molar-refractivity contribution in [3.8, 4) is 0 Å². The van der Waals surface area contributed by atoms with Crippen LogP contribution in [0, 0.1) is 5.92 Å². The number of aliphatic hydroxyl groups is 1. The first kappa shape index (κ1) is 9.96. The van der Waals surface area contributed by atoms with E-state index in [1.165, 1.54) is 33.5 Å². The Bertz CT molecular complexity index is 126. The highest BCUT2D eigenvalue weighted by molar-refractivity contribution is 4.73. The molecule has 0 aromatic carbocycles. The molecule has 1 aliphatic carbocycles. The minimum atomic E-state index is -1.35. The van der Waals surface area contributed by atoms with Gasteiger partial charge in [-0.1, -0.05) is 19.3 Å². The Hall–Kier alpha value is -0.120. The quantitative estimate of drug-likeness (QED) is 0.659. The van der Waals surface area contributed by atoms with Gasteiger partial charge in [-0.3, -0.25) is 0 Å². The SMILES string of the molecule is COC(O)(OC)C1CCCCC1. The zero-order valence-electron chi connectivity index (χ0n) is 7.88. The van der Waals surface area contributed by atoms with Gasteiger partial charge in [-0.25, -0.2) is 0 Å². The lowest BCUT2D eigenvalue weighted by molar-refractivity contribution is -0.370. The zero-order valence-corrected chi connectivity index (χ0v) is 7.88. The molecule has 0 atom stereocenters. The Morgan fingerprint density at radius 3 is 2.00 bits per heavy atom. The average Bonchev–Trinajstić information content (AvgIpc) is 2.18. The molecular weight excluding hydrogens is 156 g/mol. The van der Waals surface area contributed by atoms with Crippen molar-refractivity contribution in [2.24, 2.45) is 5.92 Å². The molecular formula is C9H18O3. The van der Waals surface area contributed by atoms with Gasteiger partial charge in [-0.05, 0) is 12.8 Å². The first-order chi connectivity index (χ1) is 5.73. The number of ether oxygens (including phenoxy) is 2. The summed E-state index contributed by atoms with van der Waals surface area (Å²) in [6.45, 7) is 0. The second-order valence-corrected chi connectivity index (χ2v) is 3.37. The summed E-state index contributed by atoms with van der Waals surface area (Å²) in [5, 5.41) is 9.81. The maximum absolute atomic E-state index is 9.81. The number of hydrogen-bond donors (Lipinski definition) is 1. The van der Waals surface area contributed by atoms with E-state index in [-0.39, 0.29) is 5.92 Å². The van der Waals surface area contributed by atoms with Crippen molar-refractivity contribution in [1.29, 1.82) is 0 Å². The normalized spacial score (nSPS) is 21.2. The predicted octanol–water partition coefficient (Wildman–Crippen LogP) is 1.51. The maximum Gasteiger partial charge on any atom is 0.282 e. The van der Waals surface area contributed by atoms with Crippen LogP contribution in [0.25, 0.3) is 0 Å². The summed E-state index contributed by atoms with van der Waals surface area (Å²) in [6, 6.07) is 0. The van der Waals surface area contributed by atoms with Crippen LogP contribution in [0.2, 0.25) is 0 Å². The van der Waals surface area contributed by atoms with E-state index in [2.05, 4.69) is 0 Å².